The van der Waals surface area contributed by atoms with Gasteiger partial charge >= 0.3 is 7.60 Å². The number of hydrogen-bond donors (Lipinski definition) is 0. The van der Waals surface area contributed by atoms with Gasteiger partial charge in [-0.15, -0.1) is 0 Å². The molecule has 0 aliphatic carbocycles. The van der Waals surface area contributed by atoms with Crippen molar-refractivity contribution in [2.24, 2.45) is 0 Å². The highest BCUT2D eigenvalue weighted by Gasteiger charge is 2.22. The van der Waals surface area contributed by atoms with Crippen molar-refractivity contribution in [3.8, 4) is 6.07 Å². The third kappa shape index (κ3) is 5.57. The van der Waals surface area contributed by atoms with Gasteiger partial charge in [-0.3, -0.25) is 4.57 Å². The average Bonchev–Trinajstić information content (AvgIpc) is 2.40. The first-order valence-electron chi connectivity index (χ1n) is 6.50. The second-order valence-electron chi connectivity index (χ2n) is 4.08. The van der Waals surface area contributed by atoms with E-state index in [0.29, 0.717) is 24.9 Å². The van der Waals surface area contributed by atoms with Crippen LogP contribution in [0.15, 0.2) is 24.3 Å². The van der Waals surface area contributed by atoms with Crippen LogP contribution >= 0.6 is 7.60 Å². The van der Waals surface area contributed by atoms with Crippen molar-refractivity contribution in [2.75, 3.05) is 19.4 Å². The van der Waals surface area contributed by atoms with Gasteiger partial charge in [0.05, 0.1) is 31.0 Å². The van der Waals surface area contributed by atoms with Gasteiger partial charge in [-0.25, -0.2) is 0 Å². The van der Waals surface area contributed by atoms with E-state index in [1.165, 1.54) is 0 Å². The molecule has 1 aromatic rings. The topological polar surface area (TPSA) is 59.3 Å². The van der Waals surface area contributed by atoms with Crippen LogP contribution in [-0.2, 0) is 20.0 Å². The maximum absolute atomic E-state index is 12.2. The molecule has 0 spiro atoms. The van der Waals surface area contributed by atoms with E-state index in [0.717, 1.165) is 18.4 Å². The SMILES string of the molecule is CCOP(=O)(CCCc1ccc(C#N)cc1)OCC. The number of rotatable bonds is 8. The fourth-order valence-electron chi connectivity index (χ4n) is 1.78. The molecule has 0 saturated carbocycles. The van der Waals surface area contributed by atoms with Crippen LogP contribution in [0.3, 0.4) is 0 Å². The number of benzene rings is 1. The molecule has 0 N–H and O–H groups in total. The van der Waals surface area contributed by atoms with Crippen LogP contribution < -0.4 is 0 Å². The molecule has 0 saturated heterocycles. The number of nitriles is 1. The lowest BCUT2D eigenvalue weighted by atomic mass is 10.1. The maximum Gasteiger partial charge on any atom is 0.330 e. The van der Waals surface area contributed by atoms with E-state index in [9.17, 15) is 4.57 Å². The van der Waals surface area contributed by atoms with Crippen LogP contribution in [0.2, 0.25) is 0 Å². The van der Waals surface area contributed by atoms with Crippen molar-refractivity contribution >= 4 is 7.60 Å². The van der Waals surface area contributed by atoms with E-state index in [-0.39, 0.29) is 0 Å². The molecule has 0 fully saturated rings. The Kier molecular flexibility index (Phi) is 6.80. The van der Waals surface area contributed by atoms with Gasteiger partial charge in [0.2, 0.25) is 0 Å². The fourth-order valence-corrected chi connectivity index (χ4v) is 3.45. The van der Waals surface area contributed by atoms with Crippen molar-refractivity contribution in [3.63, 3.8) is 0 Å². The number of hydrogen-bond acceptors (Lipinski definition) is 4. The number of nitrogens with zero attached hydrogens (tertiary/aromatic N) is 1. The van der Waals surface area contributed by atoms with E-state index in [2.05, 4.69) is 6.07 Å². The van der Waals surface area contributed by atoms with Crippen molar-refractivity contribution in [1.82, 2.24) is 0 Å². The van der Waals surface area contributed by atoms with E-state index in [1.54, 1.807) is 12.1 Å². The predicted octanol–water partition coefficient (Wildman–Crippen LogP) is 3.76. The predicted molar refractivity (Wildman–Crippen MR) is 75.2 cm³/mol. The molecule has 1 rings (SSSR count). The summed E-state index contributed by atoms with van der Waals surface area (Å²) >= 11 is 0. The molecule has 0 aliphatic heterocycles. The highest BCUT2D eigenvalue weighted by atomic mass is 31.2. The molecule has 19 heavy (non-hydrogen) atoms. The van der Waals surface area contributed by atoms with E-state index >= 15 is 0 Å². The lowest BCUT2D eigenvalue weighted by Crippen LogP contribution is -2.01. The molecular formula is C14H20NO3P. The summed E-state index contributed by atoms with van der Waals surface area (Å²) in [6.07, 6.45) is 1.97. The second-order valence-corrected chi connectivity index (χ2v) is 6.27. The molecular weight excluding hydrogens is 261 g/mol. The minimum atomic E-state index is -2.92. The summed E-state index contributed by atoms with van der Waals surface area (Å²) in [7, 11) is -2.92. The fraction of sp³-hybridized carbons (Fsp3) is 0.500. The van der Waals surface area contributed by atoms with Crippen molar-refractivity contribution in [2.45, 2.75) is 26.7 Å². The Morgan fingerprint density at radius 2 is 1.74 bits per heavy atom. The van der Waals surface area contributed by atoms with Gasteiger partial charge < -0.3 is 9.05 Å². The van der Waals surface area contributed by atoms with Gasteiger partial charge in [0, 0.05) is 0 Å². The summed E-state index contributed by atoms with van der Waals surface area (Å²) in [6, 6.07) is 9.51. The summed E-state index contributed by atoms with van der Waals surface area (Å²) in [5, 5.41) is 8.71. The van der Waals surface area contributed by atoms with Crippen LogP contribution in [0.4, 0.5) is 0 Å². The van der Waals surface area contributed by atoms with E-state index in [1.807, 2.05) is 26.0 Å². The maximum atomic E-state index is 12.2. The van der Waals surface area contributed by atoms with Gasteiger partial charge in [-0.05, 0) is 44.4 Å². The van der Waals surface area contributed by atoms with Gasteiger partial charge in [0.15, 0.2) is 0 Å². The molecule has 0 unspecified atom stereocenters. The summed E-state index contributed by atoms with van der Waals surface area (Å²) in [5.41, 5.74) is 1.77. The molecule has 0 amide bonds. The summed E-state index contributed by atoms with van der Waals surface area (Å²) in [4.78, 5) is 0. The van der Waals surface area contributed by atoms with Gasteiger partial charge in [-0.1, -0.05) is 12.1 Å². The molecule has 0 heterocycles. The third-order valence-electron chi connectivity index (χ3n) is 2.63. The van der Waals surface area contributed by atoms with Crippen LogP contribution in [0, 0.1) is 11.3 Å². The Balaban J connectivity index is 2.47. The first kappa shape index (κ1) is 15.9. The third-order valence-corrected chi connectivity index (χ3v) is 4.80. The highest BCUT2D eigenvalue weighted by Crippen LogP contribution is 2.48. The summed E-state index contributed by atoms with van der Waals surface area (Å²) in [6.45, 7) is 4.42. The summed E-state index contributed by atoms with van der Waals surface area (Å²) in [5.74, 6) is 0. The van der Waals surface area contributed by atoms with Crippen LogP contribution in [0.5, 0.6) is 0 Å². The zero-order valence-electron chi connectivity index (χ0n) is 11.5. The van der Waals surface area contributed by atoms with E-state index < -0.39 is 7.60 Å². The summed E-state index contributed by atoms with van der Waals surface area (Å²) < 4.78 is 22.7. The van der Waals surface area contributed by atoms with E-state index in [4.69, 9.17) is 14.3 Å². The molecule has 0 bridgehead atoms. The quantitative estimate of drug-likeness (QED) is 0.681. The second kappa shape index (κ2) is 8.12. The molecule has 0 aliphatic rings. The molecule has 0 atom stereocenters. The Bertz CT molecular complexity index is 455. The normalized spacial score (nSPS) is 11.2. The van der Waals surface area contributed by atoms with Crippen LogP contribution in [0.25, 0.3) is 0 Å². The molecule has 0 aromatic heterocycles. The number of aryl methyl sites for hydroxylation is 1. The zero-order valence-corrected chi connectivity index (χ0v) is 12.4. The first-order chi connectivity index (χ1) is 9.13. The van der Waals surface area contributed by atoms with Gasteiger partial charge in [0.25, 0.3) is 0 Å². The molecule has 5 heteroatoms. The largest absolute Gasteiger partial charge is 0.330 e. The van der Waals surface area contributed by atoms with Crippen molar-refractivity contribution in [1.29, 1.82) is 5.26 Å². The highest BCUT2D eigenvalue weighted by molar-refractivity contribution is 7.53. The van der Waals surface area contributed by atoms with Crippen molar-refractivity contribution in [3.05, 3.63) is 35.4 Å². The Morgan fingerprint density at radius 3 is 2.21 bits per heavy atom. The Hall–Kier alpha value is -1.14. The molecule has 4 nitrogen and oxygen atoms in total. The monoisotopic (exact) mass is 281 g/mol. The van der Waals surface area contributed by atoms with Crippen LogP contribution in [-0.4, -0.2) is 19.4 Å². The smallest absolute Gasteiger partial charge is 0.309 e. The first-order valence-corrected chi connectivity index (χ1v) is 8.23. The lowest BCUT2D eigenvalue weighted by Gasteiger charge is -2.16. The Labute approximate surface area is 114 Å². The van der Waals surface area contributed by atoms with Gasteiger partial charge in [0.1, 0.15) is 0 Å². The molecule has 104 valence electrons. The minimum absolute atomic E-state index is 0.397. The van der Waals surface area contributed by atoms with Crippen LogP contribution in [0.1, 0.15) is 31.4 Å². The minimum Gasteiger partial charge on any atom is -0.309 e. The lowest BCUT2D eigenvalue weighted by molar-refractivity contribution is 0.220. The zero-order chi connectivity index (χ0) is 14.1. The van der Waals surface area contributed by atoms with Gasteiger partial charge in [-0.2, -0.15) is 5.26 Å². The molecule has 1 aromatic carbocycles. The standard InChI is InChI=1S/C14H20NO3P/c1-3-17-19(16,18-4-2)11-5-6-13-7-9-14(12-15)10-8-13/h7-10H,3-6,11H2,1-2H3. The molecule has 0 radical (unpaired) electrons. The average molecular weight is 281 g/mol. The van der Waals surface area contributed by atoms with Crippen molar-refractivity contribution < 1.29 is 13.6 Å². The Morgan fingerprint density at radius 1 is 1.16 bits per heavy atom.